The fourth-order valence-corrected chi connectivity index (χ4v) is 1.47. The number of hydrogen-bond donors (Lipinski definition) is 2. The number of hydrogen-bond acceptors (Lipinski definition) is 3. The first-order valence-electron chi connectivity index (χ1n) is 6.70. The molecule has 4 nitrogen and oxygen atoms in total. The van der Waals surface area contributed by atoms with E-state index in [1.54, 1.807) is 0 Å². The SMILES string of the molecule is CC(C)COc1ccccc1NC(=O)C(N)C(C)C. The van der Waals surface area contributed by atoms with Crippen molar-refractivity contribution >= 4 is 11.6 Å². The first-order valence-corrected chi connectivity index (χ1v) is 6.70. The summed E-state index contributed by atoms with van der Waals surface area (Å²) in [7, 11) is 0. The quantitative estimate of drug-likeness (QED) is 0.830. The molecule has 3 N–H and O–H groups in total. The zero-order valence-corrected chi connectivity index (χ0v) is 12.1. The summed E-state index contributed by atoms with van der Waals surface area (Å²) in [5, 5.41) is 2.83. The van der Waals surface area contributed by atoms with Crippen molar-refractivity contribution in [2.24, 2.45) is 17.6 Å². The number of nitrogens with two attached hydrogens (primary N) is 1. The van der Waals surface area contributed by atoms with E-state index in [0.29, 0.717) is 24.0 Å². The summed E-state index contributed by atoms with van der Waals surface area (Å²) in [5.41, 5.74) is 6.50. The van der Waals surface area contributed by atoms with E-state index in [9.17, 15) is 4.79 Å². The van der Waals surface area contributed by atoms with E-state index < -0.39 is 6.04 Å². The highest BCUT2D eigenvalue weighted by atomic mass is 16.5. The molecule has 0 aliphatic carbocycles. The standard InChI is InChI=1S/C15H24N2O2/c1-10(2)9-19-13-8-6-5-7-12(13)17-15(18)14(16)11(3)4/h5-8,10-11,14H,9,16H2,1-4H3,(H,17,18). The molecule has 4 heteroatoms. The van der Waals surface area contributed by atoms with Gasteiger partial charge in [0.1, 0.15) is 5.75 Å². The summed E-state index contributed by atoms with van der Waals surface area (Å²) in [6.07, 6.45) is 0. The lowest BCUT2D eigenvalue weighted by Gasteiger charge is -2.18. The van der Waals surface area contributed by atoms with Crippen LogP contribution in [0.15, 0.2) is 24.3 Å². The van der Waals surface area contributed by atoms with E-state index in [1.165, 1.54) is 0 Å². The minimum absolute atomic E-state index is 0.101. The maximum atomic E-state index is 12.0. The lowest BCUT2D eigenvalue weighted by molar-refractivity contribution is -0.118. The molecule has 1 aromatic carbocycles. The van der Waals surface area contributed by atoms with Crippen LogP contribution in [-0.2, 0) is 4.79 Å². The Morgan fingerprint density at radius 2 is 1.89 bits per heavy atom. The van der Waals surface area contributed by atoms with Crippen molar-refractivity contribution in [2.45, 2.75) is 33.7 Å². The summed E-state index contributed by atoms with van der Waals surface area (Å²) in [5.74, 6) is 1.03. The van der Waals surface area contributed by atoms with Crippen LogP contribution >= 0.6 is 0 Å². The number of nitrogens with one attached hydrogen (secondary N) is 1. The zero-order valence-electron chi connectivity index (χ0n) is 12.1. The summed E-state index contributed by atoms with van der Waals surface area (Å²) >= 11 is 0. The number of benzene rings is 1. The lowest BCUT2D eigenvalue weighted by Crippen LogP contribution is -2.39. The smallest absolute Gasteiger partial charge is 0.241 e. The predicted molar refractivity (Wildman–Crippen MR) is 78.2 cm³/mol. The van der Waals surface area contributed by atoms with Gasteiger partial charge in [-0.25, -0.2) is 0 Å². The molecule has 0 bridgehead atoms. The van der Waals surface area contributed by atoms with Crippen molar-refractivity contribution in [1.29, 1.82) is 0 Å². The molecule has 0 heterocycles. The molecule has 1 aromatic rings. The average Bonchev–Trinajstić information content (AvgIpc) is 2.36. The second-order valence-electron chi connectivity index (χ2n) is 5.46. The van der Waals surface area contributed by atoms with Crippen LogP contribution in [0, 0.1) is 11.8 Å². The molecule has 0 fully saturated rings. The van der Waals surface area contributed by atoms with Gasteiger partial charge in [-0.1, -0.05) is 39.8 Å². The maximum absolute atomic E-state index is 12.0. The van der Waals surface area contributed by atoms with E-state index in [0.717, 1.165) is 0 Å². The number of rotatable bonds is 6. The van der Waals surface area contributed by atoms with Crippen LogP contribution < -0.4 is 15.8 Å². The van der Waals surface area contributed by atoms with Gasteiger partial charge in [-0.3, -0.25) is 4.79 Å². The number of anilines is 1. The normalized spacial score (nSPS) is 12.6. The van der Waals surface area contributed by atoms with Gasteiger partial charge < -0.3 is 15.8 Å². The molecule has 0 aliphatic rings. The van der Waals surface area contributed by atoms with E-state index >= 15 is 0 Å². The number of para-hydroxylation sites is 2. The number of carbonyl (C=O) groups excluding carboxylic acids is 1. The second-order valence-corrected chi connectivity index (χ2v) is 5.46. The average molecular weight is 264 g/mol. The molecule has 1 amide bonds. The lowest BCUT2D eigenvalue weighted by atomic mass is 10.0. The largest absolute Gasteiger partial charge is 0.491 e. The van der Waals surface area contributed by atoms with Crippen LogP contribution in [0.5, 0.6) is 5.75 Å². The highest BCUT2D eigenvalue weighted by Crippen LogP contribution is 2.24. The zero-order chi connectivity index (χ0) is 14.4. The van der Waals surface area contributed by atoms with Crippen molar-refractivity contribution in [3.05, 3.63) is 24.3 Å². The van der Waals surface area contributed by atoms with Crippen molar-refractivity contribution in [3.8, 4) is 5.75 Å². The monoisotopic (exact) mass is 264 g/mol. The van der Waals surface area contributed by atoms with E-state index in [4.69, 9.17) is 10.5 Å². The predicted octanol–water partition coefficient (Wildman–Crippen LogP) is 2.64. The minimum Gasteiger partial charge on any atom is -0.491 e. The van der Waals surface area contributed by atoms with Crippen LogP contribution in [0.4, 0.5) is 5.69 Å². The van der Waals surface area contributed by atoms with Gasteiger partial charge in [0.15, 0.2) is 0 Å². The van der Waals surface area contributed by atoms with Gasteiger partial charge in [0, 0.05) is 0 Å². The molecule has 1 rings (SSSR count). The third-order valence-electron chi connectivity index (χ3n) is 2.74. The molecule has 1 atom stereocenters. The Morgan fingerprint density at radius 3 is 2.47 bits per heavy atom. The van der Waals surface area contributed by atoms with Gasteiger partial charge in [0.25, 0.3) is 0 Å². The molecular weight excluding hydrogens is 240 g/mol. The summed E-state index contributed by atoms with van der Waals surface area (Å²) < 4.78 is 5.68. The fourth-order valence-electron chi connectivity index (χ4n) is 1.47. The molecular formula is C15H24N2O2. The van der Waals surface area contributed by atoms with Crippen LogP contribution in [0.1, 0.15) is 27.7 Å². The topological polar surface area (TPSA) is 64.3 Å². The molecule has 19 heavy (non-hydrogen) atoms. The van der Waals surface area contributed by atoms with Crippen LogP contribution in [-0.4, -0.2) is 18.6 Å². The van der Waals surface area contributed by atoms with Crippen LogP contribution in [0.3, 0.4) is 0 Å². The van der Waals surface area contributed by atoms with E-state index in [-0.39, 0.29) is 11.8 Å². The van der Waals surface area contributed by atoms with Gasteiger partial charge in [0.05, 0.1) is 18.3 Å². The minimum atomic E-state index is -0.516. The Bertz CT molecular complexity index is 416. The Kier molecular flexibility index (Phi) is 5.83. The van der Waals surface area contributed by atoms with Gasteiger partial charge in [-0.2, -0.15) is 0 Å². The first kappa shape index (κ1) is 15.5. The molecule has 0 aromatic heterocycles. The number of ether oxygens (including phenoxy) is 1. The number of amides is 1. The highest BCUT2D eigenvalue weighted by Gasteiger charge is 2.18. The third-order valence-corrected chi connectivity index (χ3v) is 2.74. The Hall–Kier alpha value is -1.55. The Labute approximate surface area is 115 Å². The Balaban J connectivity index is 2.75. The second kappa shape index (κ2) is 7.14. The summed E-state index contributed by atoms with van der Waals surface area (Å²) in [6, 6.07) is 6.89. The van der Waals surface area contributed by atoms with E-state index in [2.05, 4.69) is 19.2 Å². The Morgan fingerprint density at radius 1 is 1.26 bits per heavy atom. The van der Waals surface area contributed by atoms with Gasteiger partial charge in [-0.05, 0) is 24.0 Å². The fraction of sp³-hybridized carbons (Fsp3) is 0.533. The van der Waals surface area contributed by atoms with E-state index in [1.807, 2.05) is 38.1 Å². The van der Waals surface area contributed by atoms with Gasteiger partial charge in [0.2, 0.25) is 5.91 Å². The number of carbonyl (C=O) groups is 1. The summed E-state index contributed by atoms with van der Waals surface area (Å²) in [6.45, 7) is 8.62. The third kappa shape index (κ3) is 4.91. The van der Waals surface area contributed by atoms with Gasteiger partial charge >= 0.3 is 0 Å². The van der Waals surface area contributed by atoms with Crippen molar-refractivity contribution in [1.82, 2.24) is 0 Å². The maximum Gasteiger partial charge on any atom is 0.241 e. The molecule has 0 aliphatic heterocycles. The van der Waals surface area contributed by atoms with Gasteiger partial charge in [-0.15, -0.1) is 0 Å². The molecule has 106 valence electrons. The summed E-state index contributed by atoms with van der Waals surface area (Å²) in [4.78, 5) is 12.0. The molecule has 0 spiro atoms. The molecule has 0 radical (unpaired) electrons. The highest BCUT2D eigenvalue weighted by molar-refractivity contribution is 5.96. The molecule has 1 unspecified atom stereocenters. The molecule has 0 saturated heterocycles. The first-order chi connectivity index (χ1) is 8.91. The van der Waals surface area contributed by atoms with Crippen LogP contribution in [0.2, 0.25) is 0 Å². The van der Waals surface area contributed by atoms with Crippen LogP contribution in [0.25, 0.3) is 0 Å². The van der Waals surface area contributed by atoms with Crippen molar-refractivity contribution in [2.75, 3.05) is 11.9 Å². The molecule has 0 saturated carbocycles. The van der Waals surface area contributed by atoms with Crippen molar-refractivity contribution in [3.63, 3.8) is 0 Å². The van der Waals surface area contributed by atoms with Crippen molar-refractivity contribution < 1.29 is 9.53 Å².